The van der Waals surface area contributed by atoms with Crippen molar-refractivity contribution in [2.75, 3.05) is 6.26 Å². The lowest BCUT2D eigenvalue weighted by molar-refractivity contribution is -0.136. The Morgan fingerprint density at radius 1 is 1.27 bits per heavy atom. The standard InChI is InChI=1S/C8H15NO5S/c1-15(11,12)14-13-8(10)9-7-5-3-2-4-6-7/h7H,2-6H2,1H3,(H,9,10). The number of hydrogen-bond acceptors (Lipinski definition) is 5. The highest BCUT2D eigenvalue weighted by Gasteiger charge is 2.17. The quantitative estimate of drug-likeness (QED) is 0.583. The molecule has 0 heterocycles. The topological polar surface area (TPSA) is 81.7 Å². The lowest BCUT2D eigenvalue weighted by atomic mass is 9.96. The maximum Gasteiger partial charge on any atom is 0.440 e. The minimum absolute atomic E-state index is 0.0643. The third kappa shape index (κ3) is 5.58. The number of carbonyl (C=O) groups is 1. The van der Waals surface area contributed by atoms with Gasteiger partial charge in [-0.15, -0.1) is 0 Å². The first-order valence-corrected chi connectivity index (χ1v) is 6.65. The molecular formula is C8H15NO5S. The van der Waals surface area contributed by atoms with Crippen LogP contribution < -0.4 is 5.32 Å². The molecule has 6 nitrogen and oxygen atoms in total. The van der Waals surface area contributed by atoms with Gasteiger partial charge in [-0.05, 0) is 12.8 Å². The summed E-state index contributed by atoms with van der Waals surface area (Å²) in [5, 5.41) is 2.54. The van der Waals surface area contributed by atoms with Gasteiger partial charge >= 0.3 is 6.09 Å². The Hall–Kier alpha value is -0.820. The van der Waals surface area contributed by atoms with Crippen molar-refractivity contribution >= 4 is 16.2 Å². The van der Waals surface area contributed by atoms with Gasteiger partial charge in [0.1, 0.15) is 0 Å². The maximum absolute atomic E-state index is 11.0. The summed E-state index contributed by atoms with van der Waals surface area (Å²) in [4.78, 5) is 15.1. The molecule has 0 aromatic heterocycles. The first-order chi connectivity index (χ1) is 6.97. The Morgan fingerprint density at radius 2 is 1.87 bits per heavy atom. The molecule has 1 aliphatic carbocycles. The fourth-order valence-electron chi connectivity index (χ4n) is 1.53. The van der Waals surface area contributed by atoms with Crippen LogP contribution in [-0.2, 0) is 19.3 Å². The summed E-state index contributed by atoms with van der Waals surface area (Å²) in [6.07, 6.45) is 5.05. The Morgan fingerprint density at radius 3 is 2.40 bits per heavy atom. The van der Waals surface area contributed by atoms with Gasteiger partial charge in [-0.1, -0.05) is 23.6 Å². The van der Waals surface area contributed by atoms with Crippen LogP contribution in [0.25, 0.3) is 0 Å². The summed E-state index contributed by atoms with van der Waals surface area (Å²) >= 11 is 0. The zero-order valence-electron chi connectivity index (χ0n) is 8.56. The molecule has 1 saturated carbocycles. The molecule has 0 radical (unpaired) electrons. The van der Waals surface area contributed by atoms with E-state index in [2.05, 4.69) is 14.5 Å². The fraction of sp³-hybridized carbons (Fsp3) is 0.875. The van der Waals surface area contributed by atoms with Crippen LogP contribution in [0.3, 0.4) is 0 Å². The molecular weight excluding hydrogens is 222 g/mol. The Labute approximate surface area is 89.0 Å². The molecule has 1 aliphatic rings. The first kappa shape index (κ1) is 12.3. The van der Waals surface area contributed by atoms with Crippen LogP contribution in [0, 0.1) is 0 Å². The zero-order chi connectivity index (χ0) is 11.3. The van der Waals surface area contributed by atoms with Crippen LogP contribution in [-0.4, -0.2) is 26.8 Å². The van der Waals surface area contributed by atoms with Crippen molar-refractivity contribution < 1.29 is 22.4 Å². The lowest BCUT2D eigenvalue weighted by Gasteiger charge is -2.21. The number of amides is 1. The molecule has 1 N–H and O–H groups in total. The Balaban J connectivity index is 2.23. The lowest BCUT2D eigenvalue weighted by Crippen LogP contribution is -2.36. The molecule has 0 unspecified atom stereocenters. The largest absolute Gasteiger partial charge is 0.440 e. The van der Waals surface area contributed by atoms with Crippen LogP contribution in [0.1, 0.15) is 32.1 Å². The second-order valence-electron chi connectivity index (χ2n) is 3.62. The molecule has 1 fully saturated rings. The van der Waals surface area contributed by atoms with E-state index in [1.54, 1.807) is 0 Å². The number of rotatable bonds is 3. The summed E-state index contributed by atoms with van der Waals surface area (Å²) in [7, 11) is -3.74. The molecule has 0 aromatic carbocycles. The second-order valence-corrected chi connectivity index (χ2v) is 5.17. The van der Waals surface area contributed by atoms with Crippen molar-refractivity contribution in [3.63, 3.8) is 0 Å². The third-order valence-corrected chi connectivity index (χ3v) is 2.48. The minimum Gasteiger partial charge on any atom is -0.316 e. The van der Waals surface area contributed by atoms with Crippen molar-refractivity contribution in [2.45, 2.75) is 38.1 Å². The van der Waals surface area contributed by atoms with Gasteiger partial charge in [0.2, 0.25) is 0 Å². The van der Waals surface area contributed by atoms with E-state index in [1.165, 1.54) is 6.42 Å². The molecule has 1 amide bonds. The van der Waals surface area contributed by atoms with Gasteiger partial charge in [0.25, 0.3) is 10.1 Å². The van der Waals surface area contributed by atoms with Gasteiger partial charge in [0, 0.05) is 6.04 Å². The van der Waals surface area contributed by atoms with Gasteiger partial charge < -0.3 is 5.32 Å². The minimum atomic E-state index is -3.74. The maximum atomic E-state index is 11.0. The summed E-state index contributed by atoms with van der Waals surface area (Å²) in [6.45, 7) is 0. The first-order valence-electron chi connectivity index (χ1n) is 4.84. The average molecular weight is 237 g/mol. The van der Waals surface area contributed by atoms with E-state index in [1.807, 2.05) is 0 Å². The van der Waals surface area contributed by atoms with E-state index in [4.69, 9.17) is 0 Å². The molecule has 0 spiro atoms. The van der Waals surface area contributed by atoms with Gasteiger partial charge in [-0.3, -0.25) is 4.89 Å². The Kier molecular flexibility index (Phi) is 4.34. The number of hydrogen-bond donors (Lipinski definition) is 1. The molecule has 0 aromatic rings. The van der Waals surface area contributed by atoms with Gasteiger partial charge in [-0.2, -0.15) is 8.42 Å². The highest BCUT2D eigenvalue weighted by atomic mass is 32.2. The average Bonchev–Trinajstić information content (AvgIpc) is 2.15. The highest BCUT2D eigenvalue weighted by Crippen LogP contribution is 2.17. The molecule has 0 saturated heterocycles. The van der Waals surface area contributed by atoms with E-state index in [-0.39, 0.29) is 6.04 Å². The van der Waals surface area contributed by atoms with Crippen molar-refractivity contribution in [2.24, 2.45) is 0 Å². The summed E-state index contributed by atoms with van der Waals surface area (Å²) in [6, 6.07) is 0.0643. The molecule has 0 bridgehead atoms. The normalized spacial score (nSPS) is 18.5. The zero-order valence-corrected chi connectivity index (χ0v) is 9.38. The smallest absolute Gasteiger partial charge is 0.316 e. The van der Waals surface area contributed by atoms with Gasteiger partial charge in [0.15, 0.2) is 0 Å². The van der Waals surface area contributed by atoms with Crippen LogP contribution >= 0.6 is 0 Å². The van der Waals surface area contributed by atoms with Crippen molar-refractivity contribution in [3.05, 3.63) is 0 Å². The van der Waals surface area contributed by atoms with Gasteiger partial charge in [-0.25, -0.2) is 4.79 Å². The summed E-state index contributed by atoms with van der Waals surface area (Å²) in [5.74, 6) is 0. The monoisotopic (exact) mass is 237 g/mol. The van der Waals surface area contributed by atoms with Crippen molar-refractivity contribution in [1.29, 1.82) is 0 Å². The van der Waals surface area contributed by atoms with E-state index in [0.717, 1.165) is 31.9 Å². The molecule has 1 rings (SSSR count). The van der Waals surface area contributed by atoms with E-state index in [9.17, 15) is 13.2 Å². The Bertz CT molecular complexity index is 307. The van der Waals surface area contributed by atoms with Crippen LogP contribution in [0.5, 0.6) is 0 Å². The van der Waals surface area contributed by atoms with Crippen molar-refractivity contribution in [3.8, 4) is 0 Å². The van der Waals surface area contributed by atoms with Crippen LogP contribution in [0.4, 0.5) is 4.79 Å². The predicted molar refractivity (Wildman–Crippen MR) is 52.4 cm³/mol. The van der Waals surface area contributed by atoms with Crippen molar-refractivity contribution in [1.82, 2.24) is 5.32 Å². The van der Waals surface area contributed by atoms with E-state index < -0.39 is 16.2 Å². The van der Waals surface area contributed by atoms with E-state index in [0.29, 0.717) is 0 Å². The molecule has 7 heteroatoms. The molecule has 0 atom stereocenters. The number of nitrogens with one attached hydrogen (secondary N) is 1. The SMILES string of the molecule is CS(=O)(=O)OOC(=O)NC1CCCCC1. The summed E-state index contributed by atoms with van der Waals surface area (Å²) in [5.41, 5.74) is 0. The second kappa shape index (κ2) is 5.32. The fourth-order valence-corrected chi connectivity index (χ4v) is 1.72. The van der Waals surface area contributed by atoms with Crippen LogP contribution in [0.15, 0.2) is 0 Å². The molecule has 0 aliphatic heterocycles. The van der Waals surface area contributed by atoms with Crippen LogP contribution in [0.2, 0.25) is 0 Å². The summed E-state index contributed by atoms with van der Waals surface area (Å²) < 4.78 is 24.9. The molecule has 88 valence electrons. The molecule has 15 heavy (non-hydrogen) atoms. The predicted octanol–water partition coefficient (Wildman–Crippen LogP) is 0.936. The number of carbonyl (C=O) groups excluding carboxylic acids is 1. The highest BCUT2D eigenvalue weighted by molar-refractivity contribution is 7.85. The van der Waals surface area contributed by atoms with E-state index >= 15 is 0 Å². The third-order valence-electron chi connectivity index (χ3n) is 2.16. The van der Waals surface area contributed by atoms with Gasteiger partial charge in [0.05, 0.1) is 6.26 Å².